The second-order valence-electron chi connectivity index (χ2n) is 6.28. The van der Waals surface area contributed by atoms with Gasteiger partial charge in [0.05, 0.1) is 0 Å². The third-order valence-corrected chi connectivity index (χ3v) is 4.80. The van der Waals surface area contributed by atoms with E-state index in [0.29, 0.717) is 6.04 Å². The number of rotatable bonds is 3. The molecule has 2 aromatic heterocycles. The zero-order chi connectivity index (χ0) is 16.5. The predicted molar refractivity (Wildman–Crippen MR) is 91.3 cm³/mol. The molecule has 0 atom stereocenters. The molecule has 4 rings (SSSR count). The fraction of sp³-hybridized carbons (Fsp3) is 0.500. The highest BCUT2D eigenvalue weighted by atomic mass is 16.1. The first-order chi connectivity index (χ1) is 11.7. The zero-order valence-corrected chi connectivity index (χ0v) is 13.7. The van der Waals surface area contributed by atoms with Crippen molar-refractivity contribution in [3.63, 3.8) is 0 Å². The Morgan fingerprint density at radius 3 is 2.38 bits per heavy atom. The van der Waals surface area contributed by atoms with Gasteiger partial charge in [0, 0.05) is 70.8 Å². The average molecular weight is 327 g/mol. The van der Waals surface area contributed by atoms with Crippen LogP contribution in [0.5, 0.6) is 0 Å². The molecule has 8 heteroatoms. The van der Waals surface area contributed by atoms with Crippen LogP contribution >= 0.6 is 0 Å². The number of aromatic nitrogens is 4. The minimum atomic E-state index is -0.0740. The maximum atomic E-state index is 11.4. The van der Waals surface area contributed by atoms with Gasteiger partial charge in [-0.05, 0) is 12.1 Å². The fourth-order valence-electron chi connectivity index (χ4n) is 3.27. The van der Waals surface area contributed by atoms with E-state index in [9.17, 15) is 4.79 Å². The van der Waals surface area contributed by atoms with E-state index in [4.69, 9.17) is 0 Å². The minimum absolute atomic E-state index is 0.0740. The number of hydrogen-bond donors (Lipinski definition) is 0. The maximum Gasteiger partial charge on any atom is 0.266 e. The lowest BCUT2D eigenvalue weighted by Crippen LogP contribution is -2.63. The molecule has 2 aromatic rings. The molecule has 0 saturated carbocycles. The summed E-state index contributed by atoms with van der Waals surface area (Å²) in [7, 11) is 1.69. The van der Waals surface area contributed by atoms with Crippen molar-refractivity contribution >= 4 is 11.8 Å². The van der Waals surface area contributed by atoms with Crippen molar-refractivity contribution in [3.8, 4) is 0 Å². The lowest BCUT2D eigenvalue weighted by atomic mass is 10.1. The molecular formula is C16H21N7O. The van der Waals surface area contributed by atoms with Gasteiger partial charge in [0.1, 0.15) is 5.82 Å². The lowest BCUT2D eigenvalue weighted by Gasteiger charge is -2.48. The molecule has 0 bridgehead atoms. The largest absolute Gasteiger partial charge is 0.352 e. The highest BCUT2D eigenvalue weighted by Gasteiger charge is 2.34. The molecule has 24 heavy (non-hydrogen) atoms. The molecule has 126 valence electrons. The van der Waals surface area contributed by atoms with Gasteiger partial charge < -0.3 is 9.80 Å². The standard InChI is InChI=1S/C16H21N7O/c1-20-15(24)4-3-14(19-20)23-11-13(12-23)21-7-9-22(10-8-21)16-17-5-2-6-18-16/h2-6,13H,7-12H2,1H3. The average Bonchev–Trinajstić information content (AvgIpc) is 2.58. The van der Waals surface area contributed by atoms with Crippen LogP contribution in [-0.4, -0.2) is 70.0 Å². The summed E-state index contributed by atoms with van der Waals surface area (Å²) in [6.45, 7) is 5.90. The van der Waals surface area contributed by atoms with Crippen molar-refractivity contribution in [2.45, 2.75) is 6.04 Å². The first kappa shape index (κ1) is 15.1. The summed E-state index contributed by atoms with van der Waals surface area (Å²) >= 11 is 0. The molecule has 0 N–H and O–H groups in total. The summed E-state index contributed by atoms with van der Waals surface area (Å²) in [5, 5.41) is 4.31. The highest BCUT2D eigenvalue weighted by Crippen LogP contribution is 2.22. The van der Waals surface area contributed by atoms with Crippen molar-refractivity contribution in [2.24, 2.45) is 7.05 Å². The summed E-state index contributed by atoms with van der Waals surface area (Å²) in [6.07, 6.45) is 3.58. The molecule has 0 spiro atoms. The normalized spacial score (nSPS) is 19.4. The lowest BCUT2D eigenvalue weighted by molar-refractivity contribution is 0.156. The monoisotopic (exact) mass is 327 g/mol. The molecule has 2 saturated heterocycles. The van der Waals surface area contributed by atoms with E-state index >= 15 is 0 Å². The molecule has 2 aliphatic heterocycles. The first-order valence-corrected chi connectivity index (χ1v) is 8.26. The third-order valence-electron chi connectivity index (χ3n) is 4.80. The molecule has 2 aliphatic rings. The zero-order valence-electron chi connectivity index (χ0n) is 13.7. The number of piperazine rings is 1. The van der Waals surface area contributed by atoms with E-state index in [1.165, 1.54) is 4.68 Å². The quantitative estimate of drug-likeness (QED) is 0.758. The van der Waals surface area contributed by atoms with Gasteiger partial charge in [0.25, 0.3) is 5.56 Å². The third kappa shape index (κ3) is 2.84. The van der Waals surface area contributed by atoms with E-state index in [-0.39, 0.29) is 5.56 Å². The van der Waals surface area contributed by atoms with Crippen LogP contribution in [0.15, 0.2) is 35.4 Å². The van der Waals surface area contributed by atoms with Gasteiger partial charge in [-0.2, -0.15) is 5.10 Å². The number of nitrogens with zero attached hydrogens (tertiary/aromatic N) is 7. The molecule has 0 amide bonds. The summed E-state index contributed by atoms with van der Waals surface area (Å²) in [5.41, 5.74) is -0.0740. The Bertz CT molecular complexity index is 749. The van der Waals surface area contributed by atoms with Gasteiger partial charge >= 0.3 is 0 Å². The Kier molecular flexibility index (Phi) is 3.89. The van der Waals surface area contributed by atoms with E-state index in [0.717, 1.165) is 51.0 Å². The Labute approximate surface area is 140 Å². The van der Waals surface area contributed by atoms with Gasteiger partial charge in [0.15, 0.2) is 0 Å². The van der Waals surface area contributed by atoms with Crippen LogP contribution in [0.1, 0.15) is 0 Å². The van der Waals surface area contributed by atoms with Crippen molar-refractivity contribution < 1.29 is 0 Å². The van der Waals surface area contributed by atoms with Crippen LogP contribution in [-0.2, 0) is 7.05 Å². The second-order valence-corrected chi connectivity index (χ2v) is 6.28. The van der Waals surface area contributed by atoms with Gasteiger partial charge in [-0.15, -0.1) is 0 Å². The van der Waals surface area contributed by atoms with E-state index in [2.05, 4.69) is 29.8 Å². The van der Waals surface area contributed by atoms with Gasteiger partial charge in [-0.25, -0.2) is 14.6 Å². The SMILES string of the molecule is Cn1nc(N2CC(N3CCN(c4ncccn4)CC3)C2)ccc1=O. The van der Waals surface area contributed by atoms with E-state index in [1.807, 2.05) is 12.1 Å². The van der Waals surface area contributed by atoms with Gasteiger partial charge in [-0.1, -0.05) is 0 Å². The van der Waals surface area contributed by atoms with Crippen molar-refractivity contribution in [3.05, 3.63) is 40.9 Å². The van der Waals surface area contributed by atoms with Gasteiger partial charge in [0.2, 0.25) is 5.95 Å². The fourth-order valence-corrected chi connectivity index (χ4v) is 3.27. The Balaban J connectivity index is 1.30. The summed E-state index contributed by atoms with van der Waals surface area (Å²) in [5.74, 6) is 1.70. The van der Waals surface area contributed by atoms with Crippen molar-refractivity contribution in [2.75, 3.05) is 49.1 Å². The van der Waals surface area contributed by atoms with Crippen LogP contribution in [0, 0.1) is 0 Å². The molecule has 2 fully saturated rings. The van der Waals surface area contributed by atoms with Crippen LogP contribution in [0.4, 0.5) is 11.8 Å². The van der Waals surface area contributed by atoms with Crippen molar-refractivity contribution in [1.82, 2.24) is 24.6 Å². The first-order valence-electron chi connectivity index (χ1n) is 8.26. The summed E-state index contributed by atoms with van der Waals surface area (Å²) in [6, 6.07) is 5.79. The molecule has 8 nitrogen and oxygen atoms in total. The topological polar surface area (TPSA) is 70.4 Å². The minimum Gasteiger partial charge on any atom is -0.352 e. The van der Waals surface area contributed by atoms with Crippen LogP contribution in [0.25, 0.3) is 0 Å². The number of hydrogen-bond acceptors (Lipinski definition) is 7. The molecule has 0 aliphatic carbocycles. The second kappa shape index (κ2) is 6.20. The van der Waals surface area contributed by atoms with Crippen LogP contribution in [0.3, 0.4) is 0 Å². The van der Waals surface area contributed by atoms with Crippen molar-refractivity contribution in [1.29, 1.82) is 0 Å². The maximum absolute atomic E-state index is 11.4. The summed E-state index contributed by atoms with van der Waals surface area (Å²) in [4.78, 5) is 27.1. The predicted octanol–water partition coefficient (Wildman–Crippen LogP) is -0.419. The number of anilines is 2. The Morgan fingerprint density at radius 1 is 1.00 bits per heavy atom. The summed E-state index contributed by atoms with van der Waals surface area (Å²) < 4.78 is 1.39. The Morgan fingerprint density at radius 2 is 1.71 bits per heavy atom. The Hall–Kier alpha value is -2.48. The van der Waals surface area contributed by atoms with Crippen LogP contribution in [0.2, 0.25) is 0 Å². The highest BCUT2D eigenvalue weighted by molar-refractivity contribution is 5.41. The molecular weight excluding hydrogens is 306 g/mol. The molecule has 0 unspecified atom stereocenters. The molecule has 4 heterocycles. The molecule has 0 aromatic carbocycles. The number of aryl methyl sites for hydroxylation is 1. The van der Waals surface area contributed by atoms with E-state index in [1.54, 1.807) is 25.5 Å². The smallest absolute Gasteiger partial charge is 0.266 e. The van der Waals surface area contributed by atoms with Gasteiger partial charge in [-0.3, -0.25) is 9.69 Å². The molecule has 0 radical (unpaired) electrons. The van der Waals surface area contributed by atoms with E-state index < -0.39 is 0 Å². The van der Waals surface area contributed by atoms with Crippen LogP contribution < -0.4 is 15.4 Å².